The molecule has 0 bridgehead atoms. The summed E-state index contributed by atoms with van der Waals surface area (Å²) in [5, 5.41) is 9.13. The highest BCUT2D eigenvalue weighted by molar-refractivity contribution is 8.00. The van der Waals surface area contributed by atoms with Gasteiger partial charge in [0.1, 0.15) is 17.1 Å². The minimum Gasteiger partial charge on any atom is -0.477 e. The largest absolute Gasteiger partial charge is 0.477 e. The van der Waals surface area contributed by atoms with Crippen molar-refractivity contribution in [1.82, 2.24) is 4.90 Å². The Labute approximate surface area is 155 Å². The third-order valence-corrected chi connectivity index (χ3v) is 6.33. The van der Waals surface area contributed by atoms with Crippen molar-refractivity contribution >= 4 is 23.6 Å². The standard InChI is InChI=1S/C20H18N2O3S/c21-17-18(23)22-14(20(24)25)11-15(26-19(17)22)16(12-7-3-1-4-8-12)13-9-5-2-6-10-13/h1-11,15-17,19H,21H2,(H,24,25)/t15?,17?,19-/m1/s1. The molecule has 26 heavy (non-hydrogen) atoms. The number of nitrogens with zero attached hydrogens (tertiary/aromatic N) is 1. The molecular formula is C20H18N2O3S. The van der Waals surface area contributed by atoms with Crippen molar-refractivity contribution in [3.8, 4) is 0 Å². The van der Waals surface area contributed by atoms with Crippen LogP contribution in [0.1, 0.15) is 17.0 Å². The van der Waals surface area contributed by atoms with E-state index < -0.39 is 12.0 Å². The van der Waals surface area contributed by atoms with E-state index in [1.807, 2.05) is 60.7 Å². The van der Waals surface area contributed by atoms with Crippen molar-refractivity contribution in [2.24, 2.45) is 5.73 Å². The number of carboxylic acids is 1. The summed E-state index contributed by atoms with van der Waals surface area (Å²) in [6, 6.07) is 19.4. The number of aliphatic carboxylic acids is 1. The van der Waals surface area contributed by atoms with Crippen molar-refractivity contribution in [2.45, 2.75) is 22.6 Å². The van der Waals surface area contributed by atoms with E-state index in [-0.39, 0.29) is 28.1 Å². The molecule has 0 aliphatic carbocycles. The highest BCUT2D eigenvalue weighted by atomic mass is 32.2. The summed E-state index contributed by atoms with van der Waals surface area (Å²) in [5.41, 5.74) is 8.18. The smallest absolute Gasteiger partial charge is 0.352 e. The summed E-state index contributed by atoms with van der Waals surface area (Å²) in [6.45, 7) is 0. The summed E-state index contributed by atoms with van der Waals surface area (Å²) in [7, 11) is 0. The lowest BCUT2D eigenvalue weighted by Gasteiger charge is -2.49. The summed E-state index contributed by atoms with van der Waals surface area (Å²) in [5.74, 6) is -1.45. The number of rotatable bonds is 4. The highest BCUT2D eigenvalue weighted by Crippen LogP contribution is 2.46. The van der Waals surface area contributed by atoms with Gasteiger partial charge in [0, 0.05) is 11.2 Å². The first-order valence-electron chi connectivity index (χ1n) is 8.37. The molecule has 2 aliphatic rings. The lowest BCUT2D eigenvalue weighted by atomic mass is 9.87. The first-order chi connectivity index (χ1) is 12.6. The molecule has 2 aliphatic heterocycles. The monoisotopic (exact) mass is 366 g/mol. The molecule has 2 aromatic carbocycles. The molecule has 0 radical (unpaired) electrons. The number of thioether (sulfide) groups is 1. The fraction of sp³-hybridized carbons (Fsp3) is 0.200. The SMILES string of the molecule is NC1C(=O)N2C(C(=O)O)=CC(C(c3ccccc3)c3ccccc3)S[C@H]12. The van der Waals surface area contributed by atoms with Gasteiger partial charge in [-0.25, -0.2) is 4.79 Å². The number of hydrogen-bond donors (Lipinski definition) is 2. The quantitative estimate of drug-likeness (QED) is 0.812. The van der Waals surface area contributed by atoms with Gasteiger partial charge in [-0.2, -0.15) is 0 Å². The minimum atomic E-state index is -1.10. The number of amides is 1. The highest BCUT2D eigenvalue weighted by Gasteiger charge is 2.52. The number of carbonyl (C=O) groups is 2. The van der Waals surface area contributed by atoms with Gasteiger partial charge in [-0.15, -0.1) is 11.8 Å². The Morgan fingerprint density at radius 2 is 1.58 bits per heavy atom. The lowest BCUT2D eigenvalue weighted by molar-refractivity contribution is -0.147. The topological polar surface area (TPSA) is 83.6 Å². The second kappa shape index (κ2) is 6.63. The number of benzene rings is 2. The molecule has 1 saturated heterocycles. The van der Waals surface area contributed by atoms with Gasteiger partial charge in [0.15, 0.2) is 0 Å². The molecule has 6 heteroatoms. The van der Waals surface area contributed by atoms with Crippen LogP contribution >= 0.6 is 11.8 Å². The predicted molar refractivity (Wildman–Crippen MR) is 100 cm³/mol. The van der Waals surface area contributed by atoms with Gasteiger partial charge in [-0.05, 0) is 17.2 Å². The zero-order chi connectivity index (χ0) is 18.3. The van der Waals surface area contributed by atoms with Crippen molar-refractivity contribution in [3.63, 3.8) is 0 Å². The van der Waals surface area contributed by atoms with E-state index in [1.54, 1.807) is 17.8 Å². The minimum absolute atomic E-state index is 0.0261. The normalized spacial score (nSPS) is 24.7. The Balaban J connectivity index is 1.80. The summed E-state index contributed by atoms with van der Waals surface area (Å²) < 4.78 is 0. The number of carboxylic acid groups (broad SMARTS) is 1. The van der Waals surface area contributed by atoms with Crippen molar-refractivity contribution < 1.29 is 14.7 Å². The van der Waals surface area contributed by atoms with E-state index in [4.69, 9.17) is 5.73 Å². The Morgan fingerprint density at radius 3 is 2.08 bits per heavy atom. The van der Waals surface area contributed by atoms with Crippen LogP contribution < -0.4 is 5.73 Å². The maximum atomic E-state index is 12.0. The first-order valence-corrected chi connectivity index (χ1v) is 9.31. The van der Waals surface area contributed by atoms with Gasteiger partial charge < -0.3 is 10.8 Å². The molecule has 2 unspecified atom stereocenters. The van der Waals surface area contributed by atoms with Crippen LogP contribution in [0.5, 0.6) is 0 Å². The van der Waals surface area contributed by atoms with Gasteiger partial charge in [0.2, 0.25) is 5.91 Å². The predicted octanol–water partition coefficient (Wildman–Crippen LogP) is 2.40. The van der Waals surface area contributed by atoms with Crippen molar-refractivity contribution in [1.29, 1.82) is 0 Å². The average molecular weight is 366 g/mol. The van der Waals surface area contributed by atoms with Crippen LogP contribution in [0.4, 0.5) is 0 Å². The second-order valence-electron chi connectivity index (χ2n) is 6.38. The third kappa shape index (κ3) is 2.71. The molecule has 4 rings (SSSR count). The summed E-state index contributed by atoms with van der Waals surface area (Å²) in [6.07, 6.45) is 1.69. The molecule has 3 atom stereocenters. The molecule has 1 amide bonds. The van der Waals surface area contributed by atoms with E-state index in [9.17, 15) is 14.7 Å². The molecule has 0 spiro atoms. The number of hydrogen-bond acceptors (Lipinski definition) is 4. The van der Waals surface area contributed by atoms with Crippen LogP contribution in [0.3, 0.4) is 0 Å². The zero-order valence-electron chi connectivity index (χ0n) is 13.9. The Morgan fingerprint density at radius 1 is 1.04 bits per heavy atom. The van der Waals surface area contributed by atoms with E-state index in [1.165, 1.54) is 4.90 Å². The molecule has 5 nitrogen and oxygen atoms in total. The Bertz CT molecular complexity index is 830. The lowest BCUT2D eigenvalue weighted by Crippen LogP contribution is -2.68. The average Bonchev–Trinajstić information content (AvgIpc) is 2.68. The van der Waals surface area contributed by atoms with Gasteiger partial charge in [0.25, 0.3) is 0 Å². The molecule has 2 aromatic rings. The van der Waals surface area contributed by atoms with E-state index in [2.05, 4.69) is 0 Å². The van der Waals surface area contributed by atoms with Gasteiger partial charge >= 0.3 is 5.97 Å². The third-order valence-electron chi connectivity index (χ3n) is 4.83. The number of nitrogens with two attached hydrogens (primary N) is 1. The molecule has 132 valence electrons. The van der Waals surface area contributed by atoms with E-state index in [0.29, 0.717) is 0 Å². The van der Waals surface area contributed by atoms with Crippen LogP contribution in [0.2, 0.25) is 0 Å². The number of β-lactam (4-membered cyclic amide) rings is 1. The molecular weight excluding hydrogens is 348 g/mol. The van der Waals surface area contributed by atoms with Gasteiger partial charge in [-0.1, -0.05) is 60.7 Å². The van der Waals surface area contributed by atoms with Crippen molar-refractivity contribution in [2.75, 3.05) is 0 Å². The van der Waals surface area contributed by atoms with Gasteiger partial charge in [-0.3, -0.25) is 9.69 Å². The molecule has 0 saturated carbocycles. The summed E-state index contributed by atoms with van der Waals surface area (Å²) >= 11 is 1.55. The number of carbonyl (C=O) groups excluding carboxylic acids is 1. The molecule has 1 fully saturated rings. The van der Waals surface area contributed by atoms with Crippen LogP contribution in [0.25, 0.3) is 0 Å². The maximum Gasteiger partial charge on any atom is 0.352 e. The zero-order valence-corrected chi connectivity index (χ0v) is 14.7. The van der Waals surface area contributed by atoms with E-state index >= 15 is 0 Å². The molecule has 3 N–H and O–H groups in total. The fourth-order valence-electron chi connectivity index (χ4n) is 3.57. The van der Waals surface area contributed by atoms with E-state index in [0.717, 1.165) is 11.1 Å². The Kier molecular flexibility index (Phi) is 4.30. The second-order valence-corrected chi connectivity index (χ2v) is 7.68. The molecule has 0 aromatic heterocycles. The fourth-order valence-corrected chi connectivity index (χ4v) is 5.19. The Hall–Kier alpha value is -2.57. The van der Waals surface area contributed by atoms with Crippen LogP contribution in [-0.2, 0) is 9.59 Å². The van der Waals surface area contributed by atoms with Crippen molar-refractivity contribution in [3.05, 3.63) is 83.6 Å². The van der Waals surface area contributed by atoms with Crippen LogP contribution in [-0.4, -0.2) is 38.5 Å². The summed E-state index contributed by atoms with van der Waals surface area (Å²) in [4.78, 5) is 25.0. The van der Waals surface area contributed by atoms with Crippen LogP contribution in [0, 0.1) is 0 Å². The van der Waals surface area contributed by atoms with Crippen LogP contribution in [0.15, 0.2) is 72.4 Å². The first kappa shape index (κ1) is 16.9. The van der Waals surface area contributed by atoms with Gasteiger partial charge in [0.05, 0.1) is 0 Å². The maximum absolute atomic E-state index is 12.0. The number of fused-ring (bicyclic) bond motifs is 1. The molecule has 2 heterocycles.